The Bertz CT molecular complexity index is 5810. The molecular weight excluding hydrogens is 1750 g/mol. The normalized spacial score (nSPS) is 11.9. The predicted octanol–water partition coefficient (Wildman–Crippen LogP) is 19.6. The summed E-state index contributed by atoms with van der Waals surface area (Å²) in [6.45, 7) is 36.1. The summed E-state index contributed by atoms with van der Waals surface area (Å²) in [6.07, 6.45) is 0. The first-order valence-electron chi connectivity index (χ1n) is 44.3. The SMILES string of the molecule is COc1ccc(-c2ccc(-c3ccc(-c4ccc(-c5ccc(-c6ccc(-c7ccc(-c8ccc(C(=O)NCC(=O)OCc9ccccc9)cc8OCC(=O)OC(C)(C)C)c(OCC(=O)OC(C)(C)C)c7)cc6OCC(=O)OC(C)(C)C)c(OCC(=O)OC(C)(C)C)c5)cc4OCC(=O)OC(C)(C)C)c(OCC(=O)OC(C)(C)C)c3)cc2OCC(=O)OC(C)(C)C)c(OCC(=O)OC(C)(C)C)c1. The smallest absolute Gasteiger partial charge is 0.344 e. The average molecular weight is 1870 g/mol. The second-order valence-corrected chi connectivity index (χ2v) is 39.7. The third kappa shape index (κ3) is 34.4. The van der Waals surface area contributed by atoms with Crippen LogP contribution in [0.5, 0.6) is 51.7 Å². The van der Waals surface area contributed by atoms with E-state index in [0.717, 1.165) is 5.56 Å². The fraction of sp³-hybridized carbons (Fsp3) is 0.402. The molecule has 0 aliphatic carbocycles. The first kappa shape index (κ1) is 106. The van der Waals surface area contributed by atoms with Crippen molar-refractivity contribution in [3.05, 3.63) is 187 Å². The molecule has 29 nitrogen and oxygen atoms in total. The summed E-state index contributed by atoms with van der Waals surface area (Å²) >= 11 is 0. The van der Waals surface area contributed by atoms with Gasteiger partial charge < -0.3 is 90.6 Å². The van der Waals surface area contributed by atoms with Gasteiger partial charge in [-0.25, -0.2) is 38.4 Å². The van der Waals surface area contributed by atoms with Crippen LogP contribution in [0.2, 0.25) is 0 Å². The van der Waals surface area contributed by atoms with Crippen molar-refractivity contribution in [2.45, 2.75) is 218 Å². The van der Waals surface area contributed by atoms with E-state index >= 15 is 0 Å². The van der Waals surface area contributed by atoms with Crippen LogP contribution in [0.4, 0.5) is 0 Å². The molecule has 0 heterocycles. The maximum atomic E-state index is 13.9. The number of hydrogen-bond donors (Lipinski definition) is 1. The van der Waals surface area contributed by atoms with Gasteiger partial charge in [-0.05, 0) is 308 Å². The molecule has 1 N–H and O–H groups in total. The highest BCUT2D eigenvalue weighted by Crippen LogP contribution is 2.48. The Hall–Kier alpha value is -14.1. The molecule has 0 aromatic heterocycles. The molecule has 726 valence electrons. The first-order valence-corrected chi connectivity index (χ1v) is 44.3. The summed E-state index contributed by atoms with van der Waals surface area (Å²) < 4.78 is 108. The Kier molecular flexibility index (Phi) is 34.8. The lowest BCUT2D eigenvalue weighted by Gasteiger charge is -2.22. The largest absolute Gasteiger partial charge is 0.497 e. The van der Waals surface area contributed by atoms with Gasteiger partial charge in [-0.3, -0.25) is 9.59 Å². The Morgan fingerprint density at radius 3 is 0.662 bits per heavy atom. The molecule has 0 saturated carbocycles. The summed E-state index contributed by atoms with van der Waals surface area (Å²) in [7, 11) is 1.49. The van der Waals surface area contributed by atoms with E-state index < -0.39 is 164 Å². The van der Waals surface area contributed by atoms with E-state index in [2.05, 4.69) is 5.32 Å². The highest BCUT2D eigenvalue weighted by molar-refractivity contribution is 5.98. The van der Waals surface area contributed by atoms with Gasteiger partial charge in [0, 0.05) is 56.1 Å². The molecule has 9 rings (SSSR count). The number of esters is 9. The van der Waals surface area contributed by atoms with Crippen LogP contribution in [0.25, 0.3) is 77.9 Å². The number of rotatable bonds is 37. The number of ether oxygens (including phenoxy) is 18. The number of nitrogens with one attached hydrogen (secondary N) is 1. The number of benzene rings is 9. The second-order valence-electron chi connectivity index (χ2n) is 39.7. The van der Waals surface area contributed by atoms with Crippen molar-refractivity contribution in [1.29, 1.82) is 0 Å². The quantitative estimate of drug-likeness (QED) is 0.0279. The Labute approximate surface area is 794 Å². The van der Waals surface area contributed by atoms with Crippen LogP contribution >= 0.6 is 0 Å². The van der Waals surface area contributed by atoms with Gasteiger partial charge in [-0.2, -0.15) is 0 Å². The topological polar surface area (TPSA) is 349 Å². The molecule has 9 aromatic carbocycles. The van der Waals surface area contributed by atoms with E-state index in [1.807, 2.05) is 6.07 Å². The van der Waals surface area contributed by atoms with Crippen LogP contribution in [0, 0.1) is 0 Å². The summed E-state index contributed by atoms with van der Waals surface area (Å²) in [5.74, 6) is -5.63. The van der Waals surface area contributed by atoms with Crippen LogP contribution < -0.4 is 47.9 Å². The molecule has 9 aromatic rings. The highest BCUT2D eigenvalue weighted by Gasteiger charge is 2.31. The number of hydrogen-bond acceptors (Lipinski definition) is 28. The lowest BCUT2D eigenvalue weighted by atomic mass is 9.93. The lowest BCUT2D eigenvalue weighted by Crippen LogP contribution is -2.30. The van der Waals surface area contributed by atoms with Crippen LogP contribution in [-0.2, 0) is 92.4 Å². The van der Waals surface area contributed by atoms with Crippen LogP contribution in [-0.4, -0.2) is 171 Å². The number of methoxy groups -OCH3 is 1. The van der Waals surface area contributed by atoms with Gasteiger partial charge in [0.25, 0.3) is 5.91 Å². The fourth-order valence-electron chi connectivity index (χ4n) is 13.3. The van der Waals surface area contributed by atoms with Gasteiger partial charge >= 0.3 is 53.7 Å². The maximum absolute atomic E-state index is 13.9. The molecular formula is C107H125NO28. The first-order chi connectivity index (χ1) is 63.4. The fourth-order valence-corrected chi connectivity index (χ4v) is 13.3. The highest BCUT2D eigenvalue weighted by atomic mass is 16.6. The molecule has 0 aliphatic heterocycles. The van der Waals surface area contributed by atoms with Gasteiger partial charge in [-0.1, -0.05) is 66.7 Å². The minimum atomic E-state index is -0.939. The number of carbonyl (C=O) groups excluding carboxylic acids is 10. The molecule has 0 spiro atoms. The minimum Gasteiger partial charge on any atom is -0.497 e. The zero-order valence-electron chi connectivity index (χ0n) is 82.2. The molecule has 0 radical (unpaired) electrons. The predicted molar refractivity (Wildman–Crippen MR) is 510 cm³/mol. The Morgan fingerprint density at radius 2 is 0.441 bits per heavy atom. The van der Waals surface area contributed by atoms with E-state index in [-0.39, 0.29) is 63.7 Å². The van der Waals surface area contributed by atoms with Crippen molar-refractivity contribution in [3.63, 3.8) is 0 Å². The molecule has 0 saturated heterocycles. The minimum absolute atomic E-state index is 0.000919. The van der Waals surface area contributed by atoms with Crippen molar-refractivity contribution in [2.75, 3.05) is 66.5 Å². The molecule has 0 unspecified atom stereocenters. The summed E-state index contributed by atoms with van der Waals surface area (Å²) in [4.78, 5) is 136. The van der Waals surface area contributed by atoms with E-state index in [1.165, 1.54) is 19.2 Å². The van der Waals surface area contributed by atoms with E-state index in [0.29, 0.717) is 78.1 Å². The van der Waals surface area contributed by atoms with E-state index in [1.54, 1.807) is 324 Å². The van der Waals surface area contributed by atoms with Gasteiger partial charge in [0.15, 0.2) is 52.9 Å². The summed E-state index contributed by atoms with van der Waals surface area (Å²) in [5, 5.41) is 2.59. The van der Waals surface area contributed by atoms with Crippen LogP contribution in [0.3, 0.4) is 0 Å². The van der Waals surface area contributed by atoms with Crippen molar-refractivity contribution in [2.24, 2.45) is 0 Å². The molecule has 0 fully saturated rings. The zero-order valence-corrected chi connectivity index (χ0v) is 82.2. The number of amides is 1. The van der Waals surface area contributed by atoms with Gasteiger partial charge in [0.1, 0.15) is 110 Å². The molecule has 0 bridgehead atoms. The molecule has 136 heavy (non-hydrogen) atoms. The average Bonchev–Trinajstić information content (AvgIpc) is 0.776. The third-order valence-corrected chi connectivity index (χ3v) is 18.2. The van der Waals surface area contributed by atoms with Gasteiger partial charge in [0.2, 0.25) is 0 Å². The third-order valence-electron chi connectivity index (χ3n) is 18.2. The lowest BCUT2D eigenvalue weighted by molar-refractivity contribution is -0.158. The van der Waals surface area contributed by atoms with Crippen LogP contribution in [0.15, 0.2) is 176 Å². The molecule has 0 atom stereocenters. The van der Waals surface area contributed by atoms with Crippen molar-refractivity contribution >= 4 is 59.6 Å². The monoisotopic (exact) mass is 1870 g/mol. The van der Waals surface area contributed by atoms with Crippen LogP contribution in [0.1, 0.15) is 182 Å². The molecule has 29 heteroatoms. The van der Waals surface area contributed by atoms with Crippen molar-refractivity contribution < 1.29 is 133 Å². The molecule has 1 amide bonds. The standard InChI is InChI=1S/C107H125NO28/c1-100(2,3)129-91(110)57-120-82-47-66(67-32-40-75(83(48-67)121-58-92(111)130-101(4,5)6)77-42-34-69(50-85(77)123-60-94(113)132-103(10,11)12)71-36-44-79(87(52-71)125-62-96(115)134-105(16,17)18)81-46-38-73(119-25)54-89(81)127-64-98(117)136-107(22,23)24)31-39-74(82)76-41-33-68(49-84(76)122-59-93(112)131-102(7,8)9)70-35-43-78(86(51-70)124-61-95(114)133-104(13,14)15)80-45-37-72(53-88(80)126-63-97(116)135-106(19,20)21)99(118)108-55-90(109)128-56-65-29-27-26-28-30-65/h26-54H,55-64H2,1-25H3,(H,108,118). The summed E-state index contributed by atoms with van der Waals surface area (Å²) in [5.41, 5.74) is -0.643. The van der Waals surface area contributed by atoms with E-state index in [4.69, 9.17) is 85.3 Å². The van der Waals surface area contributed by atoms with Gasteiger partial charge in [-0.15, -0.1) is 0 Å². The van der Waals surface area contributed by atoms with E-state index in [9.17, 15) is 47.9 Å². The van der Waals surface area contributed by atoms with Gasteiger partial charge in [0.05, 0.1) is 7.11 Å². The second kappa shape index (κ2) is 44.8. The summed E-state index contributed by atoms with van der Waals surface area (Å²) in [6, 6.07) is 49.4. The Balaban J connectivity index is 1.19. The molecule has 0 aliphatic rings. The van der Waals surface area contributed by atoms with Crippen molar-refractivity contribution in [3.8, 4) is 130 Å². The number of carbonyl (C=O) groups is 10. The van der Waals surface area contributed by atoms with Crippen molar-refractivity contribution in [1.82, 2.24) is 5.32 Å². The zero-order chi connectivity index (χ0) is 100. The maximum Gasteiger partial charge on any atom is 0.344 e. The Morgan fingerprint density at radius 1 is 0.235 bits per heavy atom.